The van der Waals surface area contributed by atoms with Crippen molar-refractivity contribution in [3.8, 4) is 11.3 Å². The molecule has 3 aliphatic rings. The van der Waals surface area contributed by atoms with Gasteiger partial charge in [0.05, 0.1) is 16.3 Å². The van der Waals surface area contributed by atoms with Crippen LogP contribution in [-0.4, -0.2) is 63.6 Å². The molecule has 2 N–H and O–H groups in total. The number of piperidine rings is 2. The van der Waals surface area contributed by atoms with Gasteiger partial charge in [0.25, 0.3) is 5.91 Å². The van der Waals surface area contributed by atoms with Gasteiger partial charge >= 0.3 is 0 Å². The van der Waals surface area contributed by atoms with Crippen LogP contribution in [0.15, 0.2) is 30.5 Å². The van der Waals surface area contributed by atoms with Gasteiger partial charge < -0.3 is 15.3 Å². The normalized spacial score (nSPS) is 22.3. The number of hydrogen-bond donors (Lipinski definition) is 2. The second-order valence-electron chi connectivity index (χ2n) is 10.6. The minimum atomic E-state index is -0.619. The molecule has 7 heteroatoms. The summed E-state index contributed by atoms with van der Waals surface area (Å²) in [5.41, 5.74) is 4.05. The highest BCUT2D eigenvalue weighted by Gasteiger charge is 2.34. The molecule has 34 heavy (non-hydrogen) atoms. The topological polar surface area (TPSA) is 68.7 Å². The third kappa shape index (κ3) is 4.74. The molecule has 1 amide bonds. The smallest absolute Gasteiger partial charge is 0.254 e. The van der Waals surface area contributed by atoms with Crippen molar-refractivity contribution in [3.05, 3.63) is 52.2 Å². The van der Waals surface area contributed by atoms with E-state index in [1.807, 2.05) is 43.1 Å². The minimum absolute atomic E-state index is 0.137. The van der Waals surface area contributed by atoms with Crippen LogP contribution in [0.1, 0.15) is 61.0 Å². The number of nitrogens with one attached hydrogen (secondary N) is 1. The molecule has 1 unspecified atom stereocenters. The first-order valence-electron chi connectivity index (χ1n) is 12.5. The first-order chi connectivity index (χ1) is 16.3. The molecule has 1 aromatic carbocycles. The fourth-order valence-electron chi connectivity index (χ4n) is 5.73. The zero-order valence-corrected chi connectivity index (χ0v) is 20.9. The molecule has 1 atom stereocenters. The van der Waals surface area contributed by atoms with Crippen molar-refractivity contribution in [2.75, 3.05) is 26.2 Å². The summed E-state index contributed by atoms with van der Waals surface area (Å²) in [6.07, 6.45) is 5.98. The minimum Gasteiger partial charge on any atom is -0.390 e. The Bertz CT molecular complexity index is 1050. The van der Waals surface area contributed by atoms with Crippen LogP contribution in [0.4, 0.5) is 0 Å². The molecular weight excluding hydrogens is 448 g/mol. The third-order valence-corrected chi connectivity index (χ3v) is 8.29. The summed E-state index contributed by atoms with van der Waals surface area (Å²) in [6.45, 7) is 9.07. The molecule has 0 bridgehead atoms. The number of fused-ring (bicyclic) bond motifs is 1. The second-order valence-corrected chi connectivity index (χ2v) is 11.0. The molecule has 4 heterocycles. The van der Waals surface area contributed by atoms with E-state index in [0.717, 1.165) is 86.4 Å². The van der Waals surface area contributed by atoms with Crippen LogP contribution in [0, 0.1) is 5.92 Å². The van der Waals surface area contributed by atoms with Gasteiger partial charge in [-0.2, -0.15) is 0 Å². The average Bonchev–Trinajstić information content (AvgIpc) is 3.16. The van der Waals surface area contributed by atoms with Crippen LogP contribution >= 0.6 is 11.6 Å². The van der Waals surface area contributed by atoms with E-state index in [2.05, 4.69) is 21.3 Å². The van der Waals surface area contributed by atoms with E-state index >= 15 is 0 Å². The largest absolute Gasteiger partial charge is 0.390 e. The highest BCUT2D eigenvalue weighted by molar-refractivity contribution is 6.33. The first kappa shape index (κ1) is 23.7. The van der Waals surface area contributed by atoms with E-state index < -0.39 is 5.60 Å². The highest BCUT2D eigenvalue weighted by atomic mass is 35.5. The SMILES string of the molecule is CC(C)(O)C1CCN(Cc2ccnc(-c3ccc4c(c3)CN(C3CCCNC3)C4=O)c2Cl)CC1. The fourth-order valence-corrected chi connectivity index (χ4v) is 6.01. The number of hydrogen-bond acceptors (Lipinski definition) is 5. The summed E-state index contributed by atoms with van der Waals surface area (Å²) in [4.78, 5) is 22.0. The molecule has 5 rings (SSSR count). The number of nitrogens with zero attached hydrogens (tertiary/aromatic N) is 3. The summed E-state index contributed by atoms with van der Waals surface area (Å²) in [5, 5.41) is 14.4. The van der Waals surface area contributed by atoms with Crippen molar-refractivity contribution in [1.29, 1.82) is 0 Å². The molecule has 2 aromatic rings. The number of benzene rings is 1. The van der Waals surface area contributed by atoms with Gasteiger partial charge in [-0.25, -0.2) is 0 Å². The maximum absolute atomic E-state index is 13.0. The van der Waals surface area contributed by atoms with Crippen LogP contribution in [0.3, 0.4) is 0 Å². The predicted molar refractivity (Wildman–Crippen MR) is 135 cm³/mol. The number of pyridine rings is 1. The number of halogens is 1. The summed E-state index contributed by atoms with van der Waals surface area (Å²) >= 11 is 6.88. The van der Waals surface area contributed by atoms with Gasteiger partial charge in [-0.05, 0) is 94.4 Å². The predicted octanol–water partition coefficient (Wildman–Crippen LogP) is 4.09. The molecule has 0 saturated carbocycles. The summed E-state index contributed by atoms with van der Waals surface area (Å²) in [6, 6.07) is 8.28. The molecule has 6 nitrogen and oxygen atoms in total. The molecule has 0 spiro atoms. The number of aliphatic hydroxyl groups is 1. The van der Waals surface area contributed by atoms with E-state index in [1.54, 1.807) is 0 Å². The molecule has 1 aromatic heterocycles. The van der Waals surface area contributed by atoms with Crippen molar-refractivity contribution in [3.63, 3.8) is 0 Å². The first-order valence-corrected chi connectivity index (χ1v) is 12.9. The van der Waals surface area contributed by atoms with E-state index in [-0.39, 0.29) is 11.9 Å². The Morgan fingerprint density at radius 2 is 2.00 bits per heavy atom. The monoisotopic (exact) mass is 482 g/mol. The fraction of sp³-hybridized carbons (Fsp3) is 0.556. The van der Waals surface area contributed by atoms with E-state index in [1.165, 1.54) is 0 Å². The summed E-state index contributed by atoms with van der Waals surface area (Å²) < 4.78 is 0. The molecule has 182 valence electrons. The second kappa shape index (κ2) is 9.57. The molecule has 2 fully saturated rings. The van der Waals surface area contributed by atoms with Gasteiger partial charge in [-0.15, -0.1) is 0 Å². The van der Waals surface area contributed by atoms with Crippen molar-refractivity contribution in [1.82, 2.24) is 20.1 Å². The van der Waals surface area contributed by atoms with E-state index in [4.69, 9.17) is 11.6 Å². The maximum Gasteiger partial charge on any atom is 0.254 e. The maximum atomic E-state index is 13.0. The Labute approximate surface area is 207 Å². The van der Waals surface area contributed by atoms with E-state index in [0.29, 0.717) is 17.5 Å². The quantitative estimate of drug-likeness (QED) is 0.671. The lowest BCUT2D eigenvalue weighted by atomic mass is 9.83. The number of rotatable bonds is 5. The summed E-state index contributed by atoms with van der Waals surface area (Å²) in [7, 11) is 0. The van der Waals surface area contributed by atoms with Gasteiger partial charge in [0.1, 0.15) is 0 Å². The van der Waals surface area contributed by atoms with Crippen molar-refractivity contribution in [2.24, 2.45) is 5.92 Å². The lowest BCUT2D eigenvalue weighted by Crippen LogP contribution is -2.46. The molecule has 2 saturated heterocycles. The number of likely N-dealkylation sites (tertiary alicyclic amines) is 1. The van der Waals surface area contributed by atoms with Crippen LogP contribution in [0.5, 0.6) is 0 Å². The lowest BCUT2D eigenvalue weighted by molar-refractivity contribution is -0.0136. The highest BCUT2D eigenvalue weighted by Crippen LogP contribution is 2.35. The number of carbonyl (C=O) groups is 1. The van der Waals surface area contributed by atoms with Crippen molar-refractivity contribution in [2.45, 2.75) is 64.3 Å². The molecule has 0 aliphatic carbocycles. The average molecular weight is 483 g/mol. The zero-order chi connectivity index (χ0) is 23.9. The standard InChI is InChI=1S/C27H35ClN4O2/c1-27(2,34)21-8-12-31(13-9-21)16-19-7-11-30-25(24(19)28)18-5-6-23-20(14-18)17-32(26(23)33)22-4-3-10-29-15-22/h5-7,11,14,21-22,29,34H,3-4,8-10,12-13,15-17H2,1-2H3. The number of amides is 1. The lowest BCUT2D eigenvalue weighted by Gasteiger charge is -2.37. The number of carbonyl (C=O) groups excluding carboxylic acids is 1. The van der Waals surface area contributed by atoms with Crippen molar-refractivity contribution < 1.29 is 9.90 Å². The van der Waals surface area contributed by atoms with Crippen molar-refractivity contribution >= 4 is 17.5 Å². The van der Waals surface area contributed by atoms with E-state index in [9.17, 15) is 9.90 Å². The number of aromatic nitrogens is 1. The Kier molecular flexibility index (Phi) is 6.68. The van der Waals surface area contributed by atoms with Gasteiger partial charge in [0, 0.05) is 43.0 Å². The van der Waals surface area contributed by atoms with Gasteiger partial charge in [0.15, 0.2) is 0 Å². The van der Waals surface area contributed by atoms with Gasteiger partial charge in [-0.3, -0.25) is 14.7 Å². The summed E-state index contributed by atoms with van der Waals surface area (Å²) in [5.74, 6) is 0.475. The van der Waals surface area contributed by atoms with Gasteiger partial charge in [-0.1, -0.05) is 17.7 Å². The molecule has 3 aliphatic heterocycles. The Morgan fingerprint density at radius 1 is 1.21 bits per heavy atom. The Balaban J connectivity index is 1.31. The Hall–Kier alpha value is -1.99. The van der Waals surface area contributed by atoms with Crippen LogP contribution in [-0.2, 0) is 13.1 Å². The molecular formula is C27H35ClN4O2. The third-order valence-electron chi connectivity index (χ3n) is 7.87. The van der Waals surface area contributed by atoms with Crippen LogP contribution in [0.2, 0.25) is 5.02 Å². The van der Waals surface area contributed by atoms with Crippen LogP contribution < -0.4 is 5.32 Å². The van der Waals surface area contributed by atoms with Gasteiger partial charge in [0.2, 0.25) is 0 Å². The Morgan fingerprint density at radius 3 is 2.71 bits per heavy atom. The zero-order valence-electron chi connectivity index (χ0n) is 20.2. The molecule has 0 radical (unpaired) electrons. The van der Waals surface area contributed by atoms with Crippen LogP contribution in [0.25, 0.3) is 11.3 Å².